The number of rotatable bonds is 3. The van der Waals surface area contributed by atoms with E-state index >= 15 is 0 Å². The van der Waals surface area contributed by atoms with Crippen molar-refractivity contribution in [2.75, 3.05) is 11.9 Å². The molecule has 0 amide bonds. The molecular weight excluding hydrogens is 239 g/mol. The normalized spacial score (nSPS) is 30.1. The van der Waals surface area contributed by atoms with Crippen LogP contribution in [0, 0.1) is 17.2 Å². The number of nitrogens with one attached hydrogen (secondary N) is 1. The Balaban J connectivity index is 2.20. The number of hydrogen-bond acceptors (Lipinski definition) is 2. The van der Waals surface area contributed by atoms with E-state index in [0.29, 0.717) is 17.9 Å². The molecule has 2 unspecified atom stereocenters. The van der Waals surface area contributed by atoms with Gasteiger partial charge in [-0.3, -0.25) is 0 Å². The fourth-order valence-electron chi connectivity index (χ4n) is 3.88. The summed E-state index contributed by atoms with van der Waals surface area (Å²) in [6, 6.07) is 6.56. The number of anilines is 1. The maximum atomic E-state index is 13.0. The van der Waals surface area contributed by atoms with Crippen LogP contribution < -0.4 is 11.1 Å². The lowest BCUT2D eigenvalue weighted by molar-refractivity contribution is 0.125. The van der Waals surface area contributed by atoms with E-state index in [1.54, 1.807) is 12.1 Å². The smallest absolute Gasteiger partial charge is 0.123 e. The first kappa shape index (κ1) is 14.3. The summed E-state index contributed by atoms with van der Waals surface area (Å²) in [7, 11) is 0. The first-order chi connectivity index (χ1) is 8.84. The van der Waals surface area contributed by atoms with Crippen molar-refractivity contribution < 1.29 is 4.39 Å². The molecule has 3 N–H and O–H groups in total. The summed E-state index contributed by atoms with van der Waals surface area (Å²) in [4.78, 5) is 0. The van der Waals surface area contributed by atoms with Crippen molar-refractivity contribution >= 4 is 5.69 Å². The molecule has 0 radical (unpaired) electrons. The molecule has 2 nitrogen and oxygen atoms in total. The van der Waals surface area contributed by atoms with Crippen LogP contribution >= 0.6 is 0 Å². The molecule has 1 fully saturated rings. The minimum absolute atomic E-state index is 0.0704. The number of halogens is 1. The quantitative estimate of drug-likeness (QED) is 0.872. The average Bonchev–Trinajstić information content (AvgIpc) is 2.29. The number of nitrogens with two attached hydrogens (primary N) is 1. The van der Waals surface area contributed by atoms with Crippen LogP contribution in [-0.2, 0) is 0 Å². The second-order valence-electron chi connectivity index (χ2n) is 6.97. The van der Waals surface area contributed by atoms with Gasteiger partial charge in [-0.05, 0) is 54.9 Å². The number of hydrogen-bond donors (Lipinski definition) is 2. The summed E-state index contributed by atoms with van der Waals surface area (Å²) < 4.78 is 13.0. The fraction of sp³-hybridized carbons (Fsp3) is 0.625. The van der Waals surface area contributed by atoms with Crippen LogP contribution in [0.3, 0.4) is 0 Å². The molecule has 1 aliphatic rings. The predicted octanol–water partition coefficient (Wildman–Crippen LogP) is 3.78. The van der Waals surface area contributed by atoms with Crippen LogP contribution in [0.4, 0.5) is 10.1 Å². The molecule has 1 aromatic rings. The van der Waals surface area contributed by atoms with Crippen molar-refractivity contribution in [1.29, 1.82) is 0 Å². The van der Waals surface area contributed by atoms with E-state index in [2.05, 4.69) is 26.1 Å². The zero-order valence-corrected chi connectivity index (χ0v) is 12.2. The monoisotopic (exact) mass is 264 g/mol. The first-order valence-electron chi connectivity index (χ1n) is 7.08. The van der Waals surface area contributed by atoms with Crippen LogP contribution in [0.1, 0.15) is 40.0 Å². The van der Waals surface area contributed by atoms with Gasteiger partial charge in [0.05, 0.1) is 5.54 Å². The standard InChI is InChI=1S/C16H25FN2/c1-12-8-15(2,3)10-16(9-12,11-18)19-14-6-4-13(17)5-7-14/h4-7,12,19H,8-11,18H2,1-3H3. The van der Waals surface area contributed by atoms with Gasteiger partial charge in [0.15, 0.2) is 0 Å². The van der Waals surface area contributed by atoms with Crippen molar-refractivity contribution in [3.8, 4) is 0 Å². The lowest BCUT2D eigenvalue weighted by Gasteiger charge is -2.48. The van der Waals surface area contributed by atoms with Crippen molar-refractivity contribution in [3.63, 3.8) is 0 Å². The lowest BCUT2D eigenvalue weighted by Crippen LogP contribution is -2.52. The minimum Gasteiger partial charge on any atom is -0.378 e. The van der Waals surface area contributed by atoms with Gasteiger partial charge in [0.2, 0.25) is 0 Å². The van der Waals surface area contributed by atoms with E-state index in [0.717, 1.165) is 18.5 Å². The Hall–Kier alpha value is -1.09. The molecule has 1 aromatic carbocycles. The van der Waals surface area contributed by atoms with E-state index in [-0.39, 0.29) is 11.4 Å². The Kier molecular flexibility index (Phi) is 3.86. The highest BCUT2D eigenvalue weighted by molar-refractivity contribution is 5.46. The second-order valence-corrected chi connectivity index (χ2v) is 6.97. The maximum absolute atomic E-state index is 13.0. The van der Waals surface area contributed by atoms with Crippen LogP contribution in [0.25, 0.3) is 0 Å². The summed E-state index contributed by atoms with van der Waals surface area (Å²) in [6.07, 6.45) is 3.36. The topological polar surface area (TPSA) is 38.0 Å². The summed E-state index contributed by atoms with van der Waals surface area (Å²) in [5, 5.41) is 3.57. The van der Waals surface area contributed by atoms with Crippen molar-refractivity contribution in [1.82, 2.24) is 0 Å². The lowest BCUT2D eigenvalue weighted by atomic mass is 9.64. The third-order valence-corrected chi connectivity index (χ3v) is 4.10. The molecule has 1 saturated carbocycles. The largest absolute Gasteiger partial charge is 0.378 e. The molecule has 0 bridgehead atoms. The van der Waals surface area contributed by atoms with E-state index in [9.17, 15) is 4.39 Å². The van der Waals surface area contributed by atoms with Gasteiger partial charge in [-0.15, -0.1) is 0 Å². The average molecular weight is 264 g/mol. The number of benzene rings is 1. The summed E-state index contributed by atoms with van der Waals surface area (Å²) in [5.41, 5.74) is 7.24. The van der Waals surface area contributed by atoms with Crippen LogP contribution in [0.15, 0.2) is 24.3 Å². The Bertz CT molecular complexity index is 427. The molecule has 2 atom stereocenters. The van der Waals surface area contributed by atoms with Crippen LogP contribution in [-0.4, -0.2) is 12.1 Å². The molecule has 0 saturated heterocycles. The Morgan fingerprint density at radius 1 is 1.26 bits per heavy atom. The van der Waals surface area contributed by atoms with Crippen LogP contribution in [0.2, 0.25) is 0 Å². The maximum Gasteiger partial charge on any atom is 0.123 e. The Morgan fingerprint density at radius 2 is 1.89 bits per heavy atom. The van der Waals surface area contributed by atoms with Gasteiger partial charge in [0, 0.05) is 12.2 Å². The van der Waals surface area contributed by atoms with Crippen molar-refractivity contribution in [2.24, 2.45) is 17.1 Å². The van der Waals surface area contributed by atoms with Gasteiger partial charge in [0.1, 0.15) is 5.82 Å². The molecule has 0 spiro atoms. The van der Waals surface area contributed by atoms with Gasteiger partial charge in [-0.2, -0.15) is 0 Å². The van der Waals surface area contributed by atoms with Gasteiger partial charge in [0.25, 0.3) is 0 Å². The molecule has 19 heavy (non-hydrogen) atoms. The van der Waals surface area contributed by atoms with Gasteiger partial charge < -0.3 is 11.1 Å². The van der Waals surface area contributed by atoms with Gasteiger partial charge in [-0.25, -0.2) is 4.39 Å². The molecule has 0 heterocycles. The highest BCUT2D eigenvalue weighted by Crippen LogP contribution is 2.44. The fourth-order valence-corrected chi connectivity index (χ4v) is 3.88. The van der Waals surface area contributed by atoms with Crippen molar-refractivity contribution in [2.45, 2.75) is 45.6 Å². The summed E-state index contributed by atoms with van der Waals surface area (Å²) in [5.74, 6) is 0.449. The van der Waals surface area contributed by atoms with E-state index < -0.39 is 0 Å². The molecule has 106 valence electrons. The van der Waals surface area contributed by atoms with E-state index in [1.807, 2.05) is 0 Å². The molecule has 1 aliphatic carbocycles. The Labute approximate surface area is 115 Å². The molecule has 0 aromatic heterocycles. The highest BCUT2D eigenvalue weighted by Gasteiger charge is 2.41. The highest BCUT2D eigenvalue weighted by atomic mass is 19.1. The molecular formula is C16H25FN2. The molecule has 3 heteroatoms. The predicted molar refractivity (Wildman–Crippen MR) is 78.6 cm³/mol. The summed E-state index contributed by atoms with van der Waals surface area (Å²) >= 11 is 0. The molecule has 2 rings (SSSR count). The van der Waals surface area contributed by atoms with Gasteiger partial charge >= 0.3 is 0 Å². The second kappa shape index (κ2) is 5.12. The Morgan fingerprint density at radius 3 is 2.42 bits per heavy atom. The zero-order chi connectivity index (χ0) is 14.1. The third kappa shape index (κ3) is 3.47. The van der Waals surface area contributed by atoms with Gasteiger partial charge in [-0.1, -0.05) is 20.8 Å². The van der Waals surface area contributed by atoms with Crippen LogP contribution in [0.5, 0.6) is 0 Å². The first-order valence-corrected chi connectivity index (χ1v) is 7.08. The minimum atomic E-state index is -0.204. The van der Waals surface area contributed by atoms with E-state index in [1.165, 1.54) is 18.6 Å². The van der Waals surface area contributed by atoms with Crippen molar-refractivity contribution in [3.05, 3.63) is 30.1 Å². The summed E-state index contributed by atoms with van der Waals surface area (Å²) in [6.45, 7) is 7.51. The third-order valence-electron chi connectivity index (χ3n) is 4.10. The van der Waals surface area contributed by atoms with E-state index in [4.69, 9.17) is 5.73 Å². The zero-order valence-electron chi connectivity index (χ0n) is 12.2. The molecule has 0 aliphatic heterocycles. The SMILES string of the molecule is CC1CC(C)(C)CC(CN)(Nc2ccc(F)cc2)C1.